The standard InChI is InChI=1S/C18H24ClN3O3/c19-16-3-1-2-14(10-16)11-20-6-8-22(9-7-20)17(23)13-21-5-4-15(12-21)18(24)25/h1-3,10,15H,4-9,11-13H2,(H,24,25). The van der Waals surface area contributed by atoms with Crippen LogP contribution in [-0.2, 0) is 16.1 Å². The second-order valence-corrected chi connectivity index (χ2v) is 7.28. The number of piperazine rings is 1. The van der Waals surface area contributed by atoms with Crippen LogP contribution >= 0.6 is 11.6 Å². The molecule has 1 aromatic carbocycles. The zero-order chi connectivity index (χ0) is 17.8. The van der Waals surface area contributed by atoms with Gasteiger partial charge in [0.15, 0.2) is 0 Å². The van der Waals surface area contributed by atoms with Crippen molar-refractivity contribution in [1.82, 2.24) is 14.7 Å². The van der Waals surface area contributed by atoms with E-state index in [0.29, 0.717) is 26.1 Å². The summed E-state index contributed by atoms with van der Waals surface area (Å²) in [7, 11) is 0. The van der Waals surface area contributed by atoms with Crippen LogP contribution in [0.15, 0.2) is 24.3 Å². The molecule has 1 unspecified atom stereocenters. The summed E-state index contributed by atoms with van der Waals surface area (Å²) in [4.78, 5) is 29.6. The smallest absolute Gasteiger partial charge is 0.307 e. The van der Waals surface area contributed by atoms with E-state index in [9.17, 15) is 9.59 Å². The van der Waals surface area contributed by atoms with E-state index in [1.807, 2.05) is 28.0 Å². The summed E-state index contributed by atoms with van der Waals surface area (Å²) in [6, 6.07) is 7.87. The molecule has 0 aromatic heterocycles. The summed E-state index contributed by atoms with van der Waals surface area (Å²) < 4.78 is 0. The number of carbonyl (C=O) groups excluding carboxylic acids is 1. The highest BCUT2D eigenvalue weighted by Gasteiger charge is 2.30. The van der Waals surface area contributed by atoms with Crippen molar-refractivity contribution >= 4 is 23.5 Å². The highest BCUT2D eigenvalue weighted by Crippen LogP contribution is 2.17. The van der Waals surface area contributed by atoms with Crippen molar-refractivity contribution in [3.63, 3.8) is 0 Å². The Hall–Kier alpha value is -1.63. The van der Waals surface area contributed by atoms with Gasteiger partial charge in [-0.3, -0.25) is 19.4 Å². The average Bonchev–Trinajstić information content (AvgIpc) is 3.04. The number of hydrogen-bond acceptors (Lipinski definition) is 4. The quantitative estimate of drug-likeness (QED) is 0.854. The van der Waals surface area contributed by atoms with Gasteiger partial charge in [-0.1, -0.05) is 23.7 Å². The third-order valence-electron chi connectivity index (χ3n) is 5.00. The minimum atomic E-state index is -0.760. The lowest BCUT2D eigenvalue weighted by Gasteiger charge is -2.35. The summed E-state index contributed by atoms with van der Waals surface area (Å²) in [5.41, 5.74) is 1.18. The molecule has 2 fully saturated rings. The van der Waals surface area contributed by atoms with Crippen LogP contribution in [0.5, 0.6) is 0 Å². The molecule has 0 spiro atoms. The van der Waals surface area contributed by atoms with Gasteiger partial charge in [-0.2, -0.15) is 0 Å². The van der Waals surface area contributed by atoms with E-state index in [1.165, 1.54) is 5.56 Å². The maximum atomic E-state index is 12.4. The molecular formula is C18H24ClN3O3. The highest BCUT2D eigenvalue weighted by atomic mass is 35.5. The van der Waals surface area contributed by atoms with Gasteiger partial charge < -0.3 is 10.0 Å². The third-order valence-corrected chi connectivity index (χ3v) is 5.24. The van der Waals surface area contributed by atoms with Gasteiger partial charge in [0.2, 0.25) is 5.91 Å². The Balaban J connectivity index is 1.42. The Morgan fingerprint density at radius 2 is 1.88 bits per heavy atom. The number of benzene rings is 1. The van der Waals surface area contributed by atoms with Crippen molar-refractivity contribution in [2.45, 2.75) is 13.0 Å². The number of carboxylic acid groups (broad SMARTS) is 1. The Labute approximate surface area is 152 Å². The number of nitrogens with zero attached hydrogens (tertiary/aromatic N) is 3. The van der Waals surface area contributed by atoms with Crippen LogP contribution in [0.1, 0.15) is 12.0 Å². The molecule has 1 N–H and O–H groups in total. The maximum Gasteiger partial charge on any atom is 0.307 e. The molecule has 0 bridgehead atoms. The van der Waals surface area contributed by atoms with Gasteiger partial charge in [0.1, 0.15) is 0 Å². The lowest BCUT2D eigenvalue weighted by atomic mass is 10.1. The van der Waals surface area contributed by atoms with Gasteiger partial charge in [0.05, 0.1) is 12.5 Å². The Morgan fingerprint density at radius 3 is 2.52 bits per heavy atom. The minimum Gasteiger partial charge on any atom is -0.481 e. The van der Waals surface area contributed by atoms with Gasteiger partial charge in [0.25, 0.3) is 0 Å². The largest absolute Gasteiger partial charge is 0.481 e. The molecule has 1 aromatic rings. The number of carboxylic acids is 1. The van der Waals surface area contributed by atoms with E-state index in [1.54, 1.807) is 0 Å². The van der Waals surface area contributed by atoms with Gasteiger partial charge in [0, 0.05) is 44.3 Å². The fourth-order valence-electron chi connectivity index (χ4n) is 3.52. The van der Waals surface area contributed by atoms with Gasteiger partial charge in [-0.15, -0.1) is 0 Å². The third kappa shape index (κ3) is 4.93. The van der Waals surface area contributed by atoms with Crippen molar-refractivity contribution in [1.29, 1.82) is 0 Å². The lowest BCUT2D eigenvalue weighted by molar-refractivity contribution is -0.141. The second-order valence-electron chi connectivity index (χ2n) is 6.85. The normalized spacial score (nSPS) is 22.3. The topological polar surface area (TPSA) is 64.1 Å². The molecule has 7 heteroatoms. The van der Waals surface area contributed by atoms with E-state index < -0.39 is 5.97 Å². The Morgan fingerprint density at radius 1 is 1.12 bits per heavy atom. The molecule has 1 atom stereocenters. The zero-order valence-corrected chi connectivity index (χ0v) is 15.0. The lowest BCUT2D eigenvalue weighted by Crippen LogP contribution is -2.50. The van der Waals surface area contributed by atoms with E-state index >= 15 is 0 Å². The van der Waals surface area contributed by atoms with Gasteiger partial charge >= 0.3 is 5.97 Å². The molecule has 2 heterocycles. The van der Waals surface area contributed by atoms with Crippen LogP contribution in [0.25, 0.3) is 0 Å². The van der Waals surface area contributed by atoms with Crippen molar-refractivity contribution in [2.75, 3.05) is 45.8 Å². The molecular weight excluding hydrogens is 342 g/mol. The molecule has 1 amide bonds. The summed E-state index contributed by atoms with van der Waals surface area (Å²) in [5.74, 6) is -0.986. The van der Waals surface area contributed by atoms with E-state index in [0.717, 1.165) is 37.7 Å². The molecule has 0 aliphatic carbocycles. The Kier molecular flexibility index (Phi) is 5.93. The number of likely N-dealkylation sites (tertiary alicyclic amines) is 1. The summed E-state index contributed by atoms with van der Waals surface area (Å²) >= 11 is 6.03. The minimum absolute atomic E-state index is 0.105. The van der Waals surface area contributed by atoms with E-state index in [-0.39, 0.29) is 11.8 Å². The number of rotatable bonds is 5. The number of hydrogen-bond donors (Lipinski definition) is 1. The number of carbonyl (C=O) groups is 2. The number of halogens is 1. The van der Waals surface area contributed by atoms with Crippen molar-refractivity contribution in [3.05, 3.63) is 34.9 Å². The molecule has 25 heavy (non-hydrogen) atoms. The van der Waals surface area contributed by atoms with Crippen molar-refractivity contribution < 1.29 is 14.7 Å². The van der Waals surface area contributed by atoms with Crippen molar-refractivity contribution in [3.8, 4) is 0 Å². The Bertz CT molecular complexity index is 632. The molecule has 0 saturated carbocycles. The molecule has 3 rings (SSSR count). The van der Waals surface area contributed by atoms with Crippen LogP contribution in [0.3, 0.4) is 0 Å². The van der Waals surface area contributed by atoms with Crippen LogP contribution in [-0.4, -0.2) is 77.5 Å². The molecule has 136 valence electrons. The second kappa shape index (κ2) is 8.17. The first-order chi connectivity index (χ1) is 12.0. The average molecular weight is 366 g/mol. The zero-order valence-electron chi connectivity index (χ0n) is 14.2. The van der Waals surface area contributed by atoms with E-state index in [2.05, 4.69) is 11.0 Å². The number of aliphatic carboxylic acids is 1. The fourth-order valence-corrected chi connectivity index (χ4v) is 3.73. The first kappa shape index (κ1) is 18.2. The first-order valence-corrected chi connectivity index (χ1v) is 9.09. The first-order valence-electron chi connectivity index (χ1n) is 8.71. The molecule has 0 radical (unpaired) electrons. The van der Waals surface area contributed by atoms with Crippen LogP contribution in [0.4, 0.5) is 0 Å². The highest BCUT2D eigenvalue weighted by molar-refractivity contribution is 6.30. The molecule has 2 aliphatic heterocycles. The summed E-state index contributed by atoms with van der Waals surface area (Å²) in [6.45, 7) is 5.47. The van der Waals surface area contributed by atoms with Crippen LogP contribution < -0.4 is 0 Å². The maximum absolute atomic E-state index is 12.4. The predicted octanol–water partition coefficient (Wildman–Crippen LogP) is 1.39. The summed E-state index contributed by atoms with van der Waals surface area (Å²) in [5, 5.41) is 9.79. The van der Waals surface area contributed by atoms with Crippen molar-refractivity contribution in [2.24, 2.45) is 5.92 Å². The molecule has 2 aliphatic rings. The van der Waals surface area contributed by atoms with Gasteiger partial charge in [-0.05, 0) is 30.7 Å². The SMILES string of the molecule is O=C(O)C1CCN(CC(=O)N2CCN(Cc3cccc(Cl)c3)CC2)C1. The fraction of sp³-hybridized carbons (Fsp3) is 0.556. The van der Waals surface area contributed by atoms with Crippen LogP contribution in [0.2, 0.25) is 5.02 Å². The monoisotopic (exact) mass is 365 g/mol. The van der Waals surface area contributed by atoms with Crippen LogP contribution in [0, 0.1) is 5.92 Å². The molecule has 6 nitrogen and oxygen atoms in total. The molecule has 2 saturated heterocycles. The predicted molar refractivity (Wildman–Crippen MR) is 95.5 cm³/mol. The van der Waals surface area contributed by atoms with Gasteiger partial charge in [-0.25, -0.2) is 0 Å². The van der Waals surface area contributed by atoms with E-state index in [4.69, 9.17) is 16.7 Å². The summed E-state index contributed by atoms with van der Waals surface area (Å²) in [6.07, 6.45) is 0.635. The number of amides is 1.